The number of carboxylic acid groups (broad SMARTS) is 1. The highest BCUT2D eigenvalue weighted by atomic mass is 16.5. The number of aliphatic carboxylic acids is 1. The van der Waals surface area contributed by atoms with E-state index in [2.05, 4.69) is 5.32 Å². The average molecular weight is 255 g/mol. The molecule has 1 amide bonds. The number of methoxy groups -OCH3 is 1. The molecule has 0 unspecified atom stereocenters. The molecule has 0 aliphatic rings. The van der Waals surface area contributed by atoms with E-state index < -0.39 is 11.6 Å². The monoisotopic (exact) mass is 255 g/mol. The van der Waals surface area contributed by atoms with Crippen molar-refractivity contribution in [3.8, 4) is 0 Å². The minimum absolute atomic E-state index is 0.148. The molecule has 0 bridgehead atoms. The van der Waals surface area contributed by atoms with Crippen molar-refractivity contribution in [3.05, 3.63) is 23.7 Å². The van der Waals surface area contributed by atoms with Gasteiger partial charge in [0, 0.05) is 13.7 Å². The first-order valence-corrected chi connectivity index (χ1v) is 5.47. The number of rotatable bonds is 6. The summed E-state index contributed by atoms with van der Waals surface area (Å²) in [6.45, 7) is 3.99. The zero-order chi connectivity index (χ0) is 13.8. The molecular formula is C12H17NO5. The van der Waals surface area contributed by atoms with Crippen LogP contribution in [0, 0.1) is 0 Å². The van der Waals surface area contributed by atoms with Gasteiger partial charge in [0.1, 0.15) is 12.2 Å². The third-order valence-corrected chi connectivity index (χ3v) is 2.53. The van der Waals surface area contributed by atoms with Crippen LogP contribution in [0.5, 0.6) is 0 Å². The van der Waals surface area contributed by atoms with Gasteiger partial charge in [-0.1, -0.05) is 0 Å². The van der Waals surface area contributed by atoms with Crippen LogP contribution in [0.1, 0.15) is 30.0 Å². The number of furan rings is 1. The van der Waals surface area contributed by atoms with Crippen LogP contribution < -0.4 is 5.32 Å². The molecule has 100 valence electrons. The average Bonchev–Trinajstić information content (AvgIpc) is 2.73. The maximum atomic E-state index is 11.9. The summed E-state index contributed by atoms with van der Waals surface area (Å²) in [6.07, 6.45) is 0.984. The fraction of sp³-hybridized carbons (Fsp3) is 0.500. The van der Waals surface area contributed by atoms with E-state index in [1.165, 1.54) is 12.3 Å². The first kappa shape index (κ1) is 14.2. The van der Waals surface area contributed by atoms with Crippen molar-refractivity contribution in [3.63, 3.8) is 0 Å². The van der Waals surface area contributed by atoms with Crippen LogP contribution in [-0.2, 0) is 16.0 Å². The second kappa shape index (κ2) is 5.68. The quantitative estimate of drug-likeness (QED) is 0.793. The lowest BCUT2D eigenvalue weighted by molar-refractivity contribution is -0.136. The predicted octanol–water partition coefficient (Wildman–Crippen LogP) is 1.06. The van der Waals surface area contributed by atoms with Crippen molar-refractivity contribution in [1.29, 1.82) is 0 Å². The number of hydrogen-bond acceptors (Lipinski definition) is 4. The van der Waals surface area contributed by atoms with Crippen molar-refractivity contribution in [2.24, 2.45) is 0 Å². The number of amides is 1. The van der Waals surface area contributed by atoms with Gasteiger partial charge in [-0.25, -0.2) is 0 Å². The van der Waals surface area contributed by atoms with E-state index in [1.807, 2.05) is 13.8 Å². The van der Waals surface area contributed by atoms with Gasteiger partial charge in [-0.05, 0) is 19.9 Å². The molecule has 6 heteroatoms. The summed E-state index contributed by atoms with van der Waals surface area (Å²) in [5, 5.41) is 11.4. The topological polar surface area (TPSA) is 88.8 Å². The summed E-state index contributed by atoms with van der Waals surface area (Å²) in [4.78, 5) is 22.4. The summed E-state index contributed by atoms with van der Waals surface area (Å²) >= 11 is 0. The van der Waals surface area contributed by atoms with Crippen molar-refractivity contribution in [2.75, 3.05) is 13.7 Å². The van der Waals surface area contributed by atoms with Gasteiger partial charge in [-0.15, -0.1) is 0 Å². The predicted molar refractivity (Wildman–Crippen MR) is 63.5 cm³/mol. The molecule has 0 fully saturated rings. The van der Waals surface area contributed by atoms with E-state index in [9.17, 15) is 9.59 Å². The zero-order valence-corrected chi connectivity index (χ0v) is 10.6. The summed E-state index contributed by atoms with van der Waals surface area (Å²) < 4.78 is 10.1. The Balaban J connectivity index is 2.67. The van der Waals surface area contributed by atoms with Gasteiger partial charge in [0.2, 0.25) is 0 Å². The number of carbonyl (C=O) groups excluding carboxylic acids is 1. The van der Waals surface area contributed by atoms with Crippen molar-refractivity contribution >= 4 is 11.9 Å². The molecule has 1 aromatic rings. The van der Waals surface area contributed by atoms with E-state index in [0.717, 1.165) is 0 Å². The van der Waals surface area contributed by atoms with Crippen LogP contribution in [-0.4, -0.2) is 36.2 Å². The van der Waals surface area contributed by atoms with Crippen molar-refractivity contribution in [2.45, 2.75) is 25.9 Å². The Hall–Kier alpha value is -1.82. The summed E-state index contributed by atoms with van der Waals surface area (Å²) in [6, 6.07) is 1.45. The van der Waals surface area contributed by atoms with Gasteiger partial charge >= 0.3 is 5.97 Å². The second-order valence-electron chi connectivity index (χ2n) is 4.47. The number of ether oxygens (including phenoxy) is 1. The molecule has 0 atom stereocenters. The second-order valence-corrected chi connectivity index (χ2v) is 4.47. The Morgan fingerprint density at radius 1 is 1.50 bits per heavy atom. The highest BCUT2D eigenvalue weighted by Crippen LogP contribution is 2.12. The normalized spacial score (nSPS) is 11.3. The third-order valence-electron chi connectivity index (χ3n) is 2.53. The van der Waals surface area contributed by atoms with E-state index >= 15 is 0 Å². The van der Waals surface area contributed by atoms with Crippen molar-refractivity contribution < 1.29 is 23.8 Å². The van der Waals surface area contributed by atoms with Gasteiger partial charge in [0.05, 0.1) is 17.4 Å². The Labute approximate surface area is 105 Å². The Kier molecular flexibility index (Phi) is 4.49. The van der Waals surface area contributed by atoms with Gasteiger partial charge in [-0.3, -0.25) is 9.59 Å². The van der Waals surface area contributed by atoms with Gasteiger partial charge in [-0.2, -0.15) is 0 Å². The molecule has 0 saturated carbocycles. The summed E-state index contributed by atoms with van der Waals surface area (Å²) in [7, 11) is 1.56. The lowest BCUT2D eigenvalue weighted by Gasteiger charge is -2.22. The minimum atomic E-state index is -1.05. The first-order chi connectivity index (χ1) is 8.35. The van der Waals surface area contributed by atoms with Crippen LogP contribution in [0.15, 0.2) is 16.7 Å². The maximum absolute atomic E-state index is 11.9. The molecule has 0 aliphatic heterocycles. The smallest absolute Gasteiger partial charge is 0.311 e. The Morgan fingerprint density at radius 2 is 2.17 bits per heavy atom. The lowest BCUT2D eigenvalue weighted by Crippen LogP contribution is -2.39. The highest BCUT2D eigenvalue weighted by Gasteiger charge is 2.21. The molecule has 1 aromatic heterocycles. The molecule has 0 spiro atoms. The van der Waals surface area contributed by atoms with Crippen LogP contribution in [0.25, 0.3) is 0 Å². The molecule has 1 rings (SSSR count). The highest BCUT2D eigenvalue weighted by molar-refractivity contribution is 5.96. The number of nitrogens with one attached hydrogen (secondary N) is 1. The molecule has 6 nitrogen and oxygen atoms in total. The van der Waals surface area contributed by atoms with E-state index in [1.54, 1.807) is 7.11 Å². The van der Waals surface area contributed by atoms with Crippen LogP contribution in [0.3, 0.4) is 0 Å². The molecule has 18 heavy (non-hydrogen) atoms. The molecule has 1 heterocycles. The molecule has 0 aliphatic carbocycles. The van der Waals surface area contributed by atoms with E-state index in [4.69, 9.17) is 14.3 Å². The maximum Gasteiger partial charge on any atom is 0.311 e. The Morgan fingerprint density at radius 3 is 2.72 bits per heavy atom. The minimum Gasteiger partial charge on any atom is -0.481 e. The summed E-state index contributed by atoms with van der Waals surface area (Å²) in [5.74, 6) is -1.27. The Bertz CT molecular complexity index is 435. The first-order valence-electron chi connectivity index (χ1n) is 5.47. The number of hydrogen-bond donors (Lipinski definition) is 2. The van der Waals surface area contributed by atoms with E-state index in [-0.39, 0.29) is 23.7 Å². The molecule has 0 radical (unpaired) electrons. The fourth-order valence-corrected chi connectivity index (χ4v) is 1.28. The van der Waals surface area contributed by atoms with Crippen LogP contribution in [0.2, 0.25) is 0 Å². The lowest BCUT2D eigenvalue weighted by atomic mass is 10.1. The summed E-state index contributed by atoms with van der Waals surface area (Å²) in [5.41, 5.74) is -0.240. The van der Waals surface area contributed by atoms with Crippen molar-refractivity contribution in [1.82, 2.24) is 5.32 Å². The van der Waals surface area contributed by atoms with Crippen LogP contribution in [0.4, 0.5) is 0 Å². The van der Waals surface area contributed by atoms with Gasteiger partial charge in [0.15, 0.2) is 0 Å². The third kappa shape index (κ3) is 3.89. The van der Waals surface area contributed by atoms with Crippen LogP contribution >= 0.6 is 0 Å². The van der Waals surface area contributed by atoms with Gasteiger partial charge < -0.3 is 19.6 Å². The molecule has 2 N–H and O–H groups in total. The zero-order valence-electron chi connectivity index (χ0n) is 10.6. The SMILES string of the molecule is COC(C)(C)CNC(=O)c1ccoc1CC(=O)O. The fourth-order valence-electron chi connectivity index (χ4n) is 1.28. The number of carboxylic acids is 1. The standard InChI is InChI=1S/C12H17NO5/c1-12(2,17-3)7-13-11(16)8-4-5-18-9(8)6-10(14)15/h4-5H,6-7H2,1-3H3,(H,13,16)(H,14,15). The van der Waals surface area contributed by atoms with Gasteiger partial charge in [0.25, 0.3) is 5.91 Å². The number of carbonyl (C=O) groups is 2. The molecule has 0 saturated heterocycles. The molecular weight excluding hydrogens is 238 g/mol. The largest absolute Gasteiger partial charge is 0.481 e. The molecule has 0 aromatic carbocycles. The van der Waals surface area contributed by atoms with E-state index in [0.29, 0.717) is 6.54 Å².